The summed E-state index contributed by atoms with van der Waals surface area (Å²) in [6.45, 7) is 0. The second-order valence-electron chi connectivity index (χ2n) is 2.34. The zero-order valence-corrected chi connectivity index (χ0v) is 7.89. The van der Waals surface area contributed by atoms with Gasteiger partial charge in [-0.15, -0.1) is 10.2 Å². The highest BCUT2D eigenvalue weighted by molar-refractivity contribution is 7.99. The van der Waals surface area contributed by atoms with Gasteiger partial charge in [-0.1, -0.05) is 11.8 Å². The number of nitrogens with zero attached hydrogens (tertiary/aromatic N) is 3. The van der Waals surface area contributed by atoms with Crippen LogP contribution < -0.4 is 0 Å². The molecule has 0 bridgehead atoms. The molecule has 1 heterocycles. The second kappa shape index (κ2) is 3.99. The Morgan fingerprint density at radius 3 is 2.57 bits per heavy atom. The zero-order chi connectivity index (χ0) is 10.8. The van der Waals surface area contributed by atoms with Crippen LogP contribution in [0.1, 0.15) is 5.82 Å². The van der Waals surface area contributed by atoms with Gasteiger partial charge in [0, 0.05) is 7.05 Å². The predicted octanol–water partition coefficient (Wildman–Crippen LogP) is 1.12. The maximum Gasteiger partial charge on any atom is 0.451 e. The minimum absolute atomic E-state index is 0.0594. The first-order valence-electron chi connectivity index (χ1n) is 3.50. The molecule has 0 aliphatic rings. The smallest absolute Gasteiger partial charge is 0.302 e. The fourth-order valence-electron chi connectivity index (χ4n) is 0.796. The molecule has 0 fully saturated rings. The average Bonchev–Trinajstić information content (AvgIpc) is 2.42. The van der Waals surface area contributed by atoms with Gasteiger partial charge in [0.2, 0.25) is 5.82 Å². The van der Waals surface area contributed by atoms with Crippen molar-refractivity contribution in [3.63, 3.8) is 0 Å². The number of rotatable bonds is 3. The van der Waals surface area contributed by atoms with Gasteiger partial charge in [-0.25, -0.2) is 0 Å². The third-order valence-electron chi connectivity index (χ3n) is 1.37. The standard InChI is InChI=1S/C6H6F3N3OS/c1-12-4(6(7,8)9)10-11-5(12)14-3-2-13/h2H,3H2,1H3. The molecule has 1 aromatic heterocycles. The van der Waals surface area contributed by atoms with Crippen LogP contribution in [-0.2, 0) is 18.0 Å². The van der Waals surface area contributed by atoms with Crippen molar-refractivity contribution in [3.8, 4) is 0 Å². The van der Waals surface area contributed by atoms with E-state index >= 15 is 0 Å². The number of carbonyl (C=O) groups is 1. The Morgan fingerprint density at radius 2 is 2.14 bits per heavy atom. The SMILES string of the molecule is Cn1c(SCC=O)nnc1C(F)(F)F. The summed E-state index contributed by atoms with van der Waals surface area (Å²) in [5.41, 5.74) is 0. The summed E-state index contributed by atoms with van der Waals surface area (Å²) in [6, 6.07) is 0. The van der Waals surface area contributed by atoms with Gasteiger partial charge < -0.3 is 9.36 Å². The van der Waals surface area contributed by atoms with Gasteiger partial charge in [0.15, 0.2) is 5.16 Å². The molecule has 0 atom stereocenters. The van der Waals surface area contributed by atoms with Gasteiger partial charge in [0.25, 0.3) is 0 Å². The van der Waals surface area contributed by atoms with Crippen LogP contribution in [0.2, 0.25) is 0 Å². The van der Waals surface area contributed by atoms with E-state index in [2.05, 4.69) is 10.2 Å². The molecule has 0 saturated carbocycles. The van der Waals surface area contributed by atoms with Gasteiger partial charge >= 0.3 is 6.18 Å². The summed E-state index contributed by atoms with van der Waals surface area (Å²) < 4.78 is 37.4. The van der Waals surface area contributed by atoms with Crippen molar-refractivity contribution in [1.82, 2.24) is 14.8 Å². The van der Waals surface area contributed by atoms with Crippen LogP contribution in [0.3, 0.4) is 0 Å². The van der Waals surface area contributed by atoms with Crippen molar-refractivity contribution < 1.29 is 18.0 Å². The summed E-state index contributed by atoms with van der Waals surface area (Å²) in [4.78, 5) is 9.99. The van der Waals surface area contributed by atoms with E-state index in [-0.39, 0.29) is 10.9 Å². The molecule has 1 rings (SSSR count). The number of halogens is 3. The Balaban J connectivity index is 2.91. The van der Waals surface area contributed by atoms with Crippen molar-refractivity contribution in [2.45, 2.75) is 11.3 Å². The highest BCUT2D eigenvalue weighted by Gasteiger charge is 2.37. The van der Waals surface area contributed by atoms with E-state index in [9.17, 15) is 18.0 Å². The van der Waals surface area contributed by atoms with Crippen LogP contribution in [0.4, 0.5) is 13.2 Å². The van der Waals surface area contributed by atoms with Gasteiger partial charge in [0.1, 0.15) is 6.29 Å². The topological polar surface area (TPSA) is 47.8 Å². The van der Waals surface area contributed by atoms with Crippen LogP contribution in [0.5, 0.6) is 0 Å². The summed E-state index contributed by atoms with van der Waals surface area (Å²) >= 11 is 0.905. The van der Waals surface area contributed by atoms with Crippen molar-refractivity contribution >= 4 is 18.0 Å². The molecular weight excluding hydrogens is 219 g/mol. The van der Waals surface area contributed by atoms with Crippen LogP contribution in [0, 0.1) is 0 Å². The molecule has 0 saturated heterocycles. The van der Waals surface area contributed by atoms with E-state index < -0.39 is 12.0 Å². The summed E-state index contributed by atoms with van der Waals surface area (Å²) in [5, 5.41) is 6.38. The molecule has 0 unspecified atom stereocenters. The molecule has 0 radical (unpaired) electrons. The summed E-state index contributed by atoms with van der Waals surface area (Å²) in [6.07, 6.45) is -3.92. The highest BCUT2D eigenvalue weighted by atomic mass is 32.2. The minimum Gasteiger partial charge on any atom is -0.302 e. The first-order chi connectivity index (χ1) is 6.46. The maximum atomic E-state index is 12.2. The number of hydrogen-bond acceptors (Lipinski definition) is 4. The third kappa shape index (κ3) is 2.25. The zero-order valence-electron chi connectivity index (χ0n) is 7.08. The van der Waals surface area contributed by atoms with E-state index in [1.165, 1.54) is 7.05 Å². The fourth-order valence-corrected chi connectivity index (χ4v) is 1.39. The lowest BCUT2D eigenvalue weighted by atomic mass is 10.6. The minimum atomic E-state index is -4.51. The molecule has 1 aromatic rings. The first-order valence-corrected chi connectivity index (χ1v) is 4.48. The maximum absolute atomic E-state index is 12.2. The Labute approximate surface area is 81.5 Å². The molecule has 4 nitrogen and oxygen atoms in total. The van der Waals surface area contributed by atoms with E-state index in [4.69, 9.17) is 0 Å². The van der Waals surface area contributed by atoms with Crippen molar-refractivity contribution in [3.05, 3.63) is 5.82 Å². The quantitative estimate of drug-likeness (QED) is 0.571. The molecule has 0 aliphatic carbocycles. The van der Waals surface area contributed by atoms with Gasteiger partial charge in [-0.3, -0.25) is 0 Å². The van der Waals surface area contributed by atoms with Crippen molar-refractivity contribution in [2.75, 3.05) is 5.75 Å². The monoisotopic (exact) mass is 225 g/mol. The molecule has 0 N–H and O–H groups in total. The third-order valence-corrected chi connectivity index (χ3v) is 2.29. The number of aldehydes is 1. The largest absolute Gasteiger partial charge is 0.451 e. The normalized spacial score (nSPS) is 11.7. The molecule has 0 aliphatic heterocycles. The Morgan fingerprint density at radius 1 is 1.50 bits per heavy atom. The number of aromatic nitrogens is 3. The molecular formula is C6H6F3N3OS. The van der Waals surface area contributed by atoms with Gasteiger partial charge in [0.05, 0.1) is 5.75 Å². The lowest BCUT2D eigenvalue weighted by molar-refractivity contribution is -0.147. The van der Waals surface area contributed by atoms with Gasteiger partial charge in [-0.2, -0.15) is 13.2 Å². The van der Waals surface area contributed by atoms with Crippen molar-refractivity contribution in [1.29, 1.82) is 0 Å². The van der Waals surface area contributed by atoms with Crippen LogP contribution in [0.25, 0.3) is 0 Å². The van der Waals surface area contributed by atoms with E-state index in [0.29, 0.717) is 6.29 Å². The number of hydrogen-bond donors (Lipinski definition) is 0. The second-order valence-corrected chi connectivity index (χ2v) is 3.33. The van der Waals surface area contributed by atoms with Crippen LogP contribution in [0.15, 0.2) is 5.16 Å². The molecule has 0 aromatic carbocycles. The van der Waals surface area contributed by atoms with Crippen molar-refractivity contribution in [2.24, 2.45) is 7.05 Å². The van der Waals surface area contributed by atoms with E-state index in [1.807, 2.05) is 0 Å². The van der Waals surface area contributed by atoms with E-state index in [0.717, 1.165) is 16.3 Å². The molecule has 0 spiro atoms. The predicted molar refractivity (Wildman–Crippen MR) is 42.8 cm³/mol. The lowest BCUT2D eigenvalue weighted by Gasteiger charge is -2.05. The number of thioether (sulfide) groups is 1. The molecule has 78 valence electrons. The Bertz CT molecular complexity index is 336. The highest BCUT2D eigenvalue weighted by Crippen LogP contribution is 2.29. The van der Waals surface area contributed by atoms with Crippen LogP contribution >= 0.6 is 11.8 Å². The Hall–Kier alpha value is -1.05. The number of carbonyl (C=O) groups excluding carboxylic acids is 1. The molecule has 8 heteroatoms. The molecule has 0 amide bonds. The summed E-state index contributed by atoms with van der Waals surface area (Å²) in [5.74, 6) is -1.00. The average molecular weight is 225 g/mol. The van der Waals surface area contributed by atoms with E-state index in [1.54, 1.807) is 0 Å². The lowest BCUT2D eigenvalue weighted by Crippen LogP contribution is -2.13. The summed E-state index contributed by atoms with van der Waals surface area (Å²) in [7, 11) is 1.20. The van der Waals surface area contributed by atoms with Crippen LogP contribution in [-0.4, -0.2) is 26.8 Å². The molecule has 14 heavy (non-hydrogen) atoms. The Kier molecular flexibility index (Phi) is 3.14. The first kappa shape index (κ1) is 11.0. The number of alkyl halides is 3. The van der Waals surface area contributed by atoms with Gasteiger partial charge in [-0.05, 0) is 0 Å². The fraction of sp³-hybridized carbons (Fsp3) is 0.500.